The molecular weight excluding hydrogens is 386 g/mol. The number of amides is 2. The number of sulfonamides is 1. The van der Waals surface area contributed by atoms with Crippen molar-refractivity contribution in [3.05, 3.63) is 48.0 Å². The molecule has 0 aliphatic heterocycles. The summed E-state index contributed by atoms with van der Waals surface area (Å²) < 4.78 is 36.2. The topological polar surface area (TPSA) is 128 Å². The van der Waals surface area contributed by atoms with E-state index in [9.17, 15) is 18.0 Å². The van der Waals surface area contributed by atoms with Gasteiger partial charge in [-0.3, -0.25) is 9.59 Å². The van der Waals surface area contributed by atoms with Crippen LogP contribution >= 0.6 is 0 Å². The number of ether oxygens (including phenoxy) is 2. The number of nitrogens with one attached hydrogen (secondary N) is 1. The van der Waals surface area contributed by atoms with Gasteiger partial charge in [-0.2, -0.15) is 0 Å². The van der Waals surface area contributed by atoms with E-state index in [4.69, 9.17) is 15.2 Å². The van der Waals surface area contributed by atoms with Crippen molar-refractivity contribution in [2.45, 2.75) is 4.90 Å². The van der Waals surface area contributed by atoms with Crippen LogP contribution in [-0.2, 0) is 14.8 Å². The van der Waals surface area contributed by atoms with Crippen LogP contribution in [0.4, 0.5) is 5.69 Å². The van der Waals surface area contributed by atoms with Crippen LogP contribution in [0.25, 0.3) is 0 Å². The number of benzene rings is 2. The van der Waals surface area contributed by atoms with Crippen LogP contribution < -0.4 is 20.5 Å². The molecule has 0 heterocycles. The fourth-order valence-electron chi connectivity index (χ4n) is 2.27. The van der Waals surface area contributed by atoms with Gasteiger partial charge in [0.05, 0.1) is 23.3 Å². The lowest BCUT2D eigenvalue weighted by atomic mass is 10.1. The molecule has 150 valence electrons. The quantitative estimate of drug-likeness (QED) is 0.673. The van der Waals surface area contributed by atoms with Crippen LogP contribution in [0.1, 0.15) is 10.4 Å². The molecule has 2 aromatic rings. The number of hydrogen-bond acceptors (Lipinski definition) is 6. The monoisotopic (exact) mass is 407 g/mol. The van der Waals surface area contributed by atoms with Crippen molar-refractivity contribution in [3.8, 4) is 11.5 Å². The van der Waals surface area contributed by atoms with E-state index in [-0.39, 0.29) is 34.3 Å². The summed E-state index contributed by atoms with van der Waals surface area (Å²) in [5.41, 5.74) is 5.38. The van der Waals surface area contributed by atoms with Crippen molar-refractivity contribution in [3.63, 3.8) is 0 Å². The Labute approximate surface area is 163 Å². The lowest BCUT2D eigenvalue weighted by Gasteiger charge is -2.16. The maximum absolute atomic E-state index is 12.7. The molecule has 0 aliphatic carbocycles. The Morgan fingerprint density at radius 3 is 2.39 bits per heavy atom. The van der Waals surface area contributed by atoms with Crippen molar-refractivity contribution >= 4 is 27.5 Å². The number of primary amides is 1. The standard InChI is InChI=1S/C18H21N3O6S/c1-21(2)28(24,25)12-8-9-16(26-3)14(10-12)20-18(23)13-6-4-5-7-15(13)27-11-17(19)22/h4-10H,11H2,1-3H3,(H2,19,22)(H,20,23). The molecule has 0 bridgehead atoms. The second-order valence-electron chi connectivity index (χ2n) is 5.85. The normalized spacial score (nSPS) is 11.1. The van der Waals surface area contributed by atoms with Crippen molar-refractivity contribution < 1.29 is 27.5 Å². The van der Waals surface area contributed by atoms with E-state index in [0.717, 1.165) is 4.31 Å². The molecule has 0 saturated heterocycles. The first-order valence-corrected chi connectivity index (χ1v) is 9.53. The SMILES string of the molecule is COc1ccc(S(=O)(=O)N(C)C)cc1NC(=O)c1ccccc1OCC(N)=O. The molecule has 3 N–H and O–H groups in total. The summed E-state index contributed by atoms with van der Waals surface area (Å²) in [6.07, 6.45) is 0. The van der Waals surface area contributed by atoms with Crippen molar-refractivity contribution in [2.24, 2.45) is 5.73 Å². The maximum atomic E-state index is 12.7. The highest BCUT2D eigenvalue weighted by atomic mass is 32.2. The molecule has 10 heteroatoms. The van der Waals surface area contributed by atoms with Crippen LogP contribution in [0, 0.1) is 0 Å². The Kier molecular flexibility index (Phi) is 6.60. The molecule has 9 nitrogen and oxygen atoms in total. The Morgan fingerprint density at radius 1 is 1.11 bits per heavy atom. The van der Waals surface area contributed by atoms with Gasteiger partial charge in [0, 0.05) is 14.1 Å². The van der Waals surface area contributed by atoms with Gasteiger partial charge in [0.25, 0.3) is 11.8 Å². The largest absolute Gasteiger partial charge is 0.495 e. The molecule has 2 rings (SSSR count). The van der Waals surface area contributed by atoms with Gasteiger partial charge in [0.15, 0.2) is 6.61 Å². The van der Waals surface area contributed by atoms with E-state index < -0.39 is 21.8 Å². The second kappa shape index (κ2) is 8.72. The van der Waals surface area contributed by atoms with E-state index in [1.54, 1.807) is 12.1 Å². The highest BCUT2D eigenvalue weighted by molar-refractivity contribution is 7.89. The molecule has 0 radical (unpaired) electrons. The first-order chi connectivity index (χ1) is 13.2. The summed E-state index contributed by atoms with van der Waals surface area (Å²) in [5, 5.41) is 2.61. The van der Waals surface area contributed by atoms with Gasteiger partial charge in [0.1, 0.15) is 11.5 Å². The van der Waals surface area contributed by atoms with E-state index in [1.807, 2.05) is 0 Å². The van der Waals surface area contributed by atoms with Crippen LogP contribution in [0.5, 0.6) is 11.5 Å². The summed E-state index contributed by atoms with van der Waals surface area (Å²) in [6.45, 7) is -0.385. The fourth-order valence-corrected chi connectivity index (χ4v) is 3.20. The molecule has 0 aromatic heterocycles. The molecule has 0 unspecified atom stereocenters. The number of carbonyl (C=O) groups excluding carboxylic acids is 2. The minimum Gasteiger partial charge on any atom is -0.495 e. The lowest BCUT2D eigenvalue weighted by Crippen LogP contribution is -2.23. The van der Waals surface area contributed by atoms with E-state index >= 15 is 0 Å². The van der Waals surface area contributed by atoms with E-state index in [2.05, 4.69) is 5.32 Å². The first kappa shape index (κ1) is 21.2. The molecule has 0 spiro atoms. The average molecular weight is 407 g/mol. The predicted octanol–water partition coefficient (Wildman–Crippen LogP) is 1.06. The number of nitrogens with two attached hydrogens (primary N) is 1. The van der Waals surface area contributed by atoms with Crippen LogP contribution in [-0.4, -0.2) is 52.3 Å². The summed E-state index contributed by atoms with van der Waals surface area (Å²) in [7, 11) is 0.511. The molecule has 2 aromatic carbocycles. The molecule has 0 aliphatic rings. The minimum atomic E-state index is -3.70. The molecule has 28 heavy (non-hydrogen) atoms. The smallest absolute Gasteiger partial charge is 0.259 e. The predicted molar refractivity (Wildman–Crippen MR) is 103 cm³/mol. The zero-order valence-electron chi connectivity index (χ0n) is 15.6. The Balaban J connectivity index is 2.37. The van der Waals surface area contributed by atoms with Gasteiger partial charge in [-0.05, 0) is 30.3 Å². The zero-order valence-corrected chi connectivity index (χ0v) is 16.4. The third kappa shape index (κ3) is 4.78. The molecular formula is C18H21N3O6S. The van der Waals surface area contributed by atoms with E-state index in [1.165, 1.54) is 51.5 Å². The van der Waals surface area contributed by atoms with Crippen LogP contribution in [0.15, 0.2) is 47.4 Å². The highest BCUT2D eigenvalue weighted by Crippen LogP contribution is 2.29. The van der Waals surface area contributed by atoms with Gasteiger partial charge < -0.3 is 20.5 Å². The fraction of sp³-hybridized carbons (Fsp3) is 0.222. The minimum absolute atomic E-state index is 0.00753. The average Bonchev–Trinajstić information content (AvgIpc) is 2.66. The van der Waals surface area contributed by atoms with E-state index in [0.29, 0.717) is 0 Å². The summed E-state index contributed by atoms with van der Waals surface area (Å²) >= 11 is 0. The van der Waals surface area contributed by atoms with Crippen LogP contribution in [0.3, 0.4) is 0 Å². The number of hydrogen-bond donors (Lipinski definition) is 2. The van der Waals surface area contributed by atoms with Gasteiger partial charge in [0.2, 0.25) is 10.0 Å². The van der Waals surface area contributed by atoms with Gasteiger partial charge in [-0.15, -0.1) is 0 Å². The summed E-state index contributed by atoms with van der Waals surface area (Å²) in [5.74, 6) is -0.812. The number of rotatable bonds is 8. The maximum Gasteiger partial charge on any atom is 0.259 e. The number of nitrogens with zero attached hydrogens (tertiary/aromatic N) is 1. The number of methoxy groups -OCH3 is 1. The zero-order chi connectivity index (χ0) is 20.9. The van der Waals surface area contributed by atoms with Gasteiger partial charge in [-0.25, -0.2) is 12.7 Å². The second-order valence-corrected chi connectivity index (χ2v) is 8.01. The molecule has 0 saturated carbocycles. The molecule has 0 atom stereocenters. The highest BCUT2D eigenvalue weighted by Gasteiger charge is 2.21. The first-order valence-electron chi connectivity index (χ1n) is 8.09. The van der Waals surface area contributed by atoms with Crippen LogP contribution in [0.2, 0.25) is 0 Å². The third-order valence-corrected chi connectivity index (χ3v) is 5.51. The molecule has 2 amide bonds. The molecule has 0 fully saturated rings. The van der Waals surface area contributed by atoms with Gasteiger partial charge >= 0.3 is 0 Å². The Morgan fingerprint density at radius 2 is 1.79 bits per heavy atom. The van der Waals surface area contributed by atoms with Crippen molar-refractivity contribution in [1.29, 1.82) is 0 Å². The summed E-state index contributed by atoms with van der Waals surface area (Å²) in [6, 6.07) is 10.4. The number of anilines is 1. The van der Waals surface area contributed by atoms with Crippen molar-refractivity contribution in [2.75, 3.05) is 33.1 Å². The number of para-hydroxylation sites is 1. The van der Waals surface area contributed by atoms with Crippen molar-refractivity contribution in [1.82, 2.24) is 4.31 Å². The summed E-state index contributed by atoms with van der Waals surface area (Å²) in [4.78, 5) is 23.6. The third-order valence-electron chi connectivity index (χ3n) is 3.70. The lowest BCUT2D eigenvalue weighted by molar-refractivity contribution is -0.119. The Bertz CT molecular complexity index is 989. The Hall–Kier alpha value is -3.11. The van der Waals surface area contributed by atoms with Gasteiger partial charge in [-0.1, -0.05) is 12.1 Å². The number of carbonyl (C=O) groups is 2.